The quantitative estimate of drug-likeness (QED) is 0.775. The number of hydrogen-bond donors (Lipinski definition) is 2. The number of rotatable bonds is 4. The van der Waals surface area contributed by atoms with Gasteiger partial charge in [-0.3, -0.25) is 0 Å². The lowest BCUT2D eigenvalue weighted by molar-refractivity contribution is 0.0158. The van der Waals surface area contributed by atoms with Crippen molar-refractivity contribution in [3.8, 4) is 0 Å². The summed E-state index contributed by atoms with van der Waals surface area (Å²) in [4.78, 5) is 13.6. The Kier molecular flexibility index (Phi) is 3.66. The average molecular weight is 279 g/mol. The van der Waals surface area contributed by atoms with E-state index in [-0.39, 0.29) is 18.4 Å². The summed E-state index contributed by atoms with van der Waals surface area (Å²) < 4.78 is 6.79. The minimum absolute atomic E-state index is 0.0574. The van der Waals surface area contributed by atoms with E-state index in [1.807, 2.05) is 6.07 Å². The zero-order valence-corrected chi connectivity index (χ0v) is 11.0. The fourth-order valence-corrected chi connectivity index (χ4v) is 2.43. The first-order valence-corrected chi connectivity index (χ1v) is 6.70. The van der Waals surface area contributed by atoms with Gasteiger partial charge in [0, 0.05) is 13.1 Å². The van der Waals surface area contributed by atoms with E-state index >= 15 is 0 Å². The number of nitrogens with one attached hydrogen (secondary N) is 1. The number of aliphatic hydroxyl groups is 1. The zero-order chi connectivity index (χ0) is 13.9. The topological polar surface area (TPSA) is 95.8 Å². The smallest absolute Gasteiger partial charge is 0.364 e. The second kappa shape index (κ2) is 5.59. The first-order valence-electron chi connectivity index (χ1n) is 6.70. The van der Waals surface area contributed by atoms with Crippen molar-refractivity contribution in [1.29, 1.82) is 0 Å². The van der Waals surface area contributed by atoms with Crippen LogP contribution in [0.15, 0.2) is 16.9 Å². The lowest BCUT2D eigenvalue weighted by Gasteiger charge is -2.32. The highest BCUT2D eigenvalue weighted by Crippen LogP contribution is 2.19. The van der Waals surface area contributed by atoms with Crippen molar-refractivity contribution in [1.82, 2.24) is 19.8 Å². The third-order valence-corrected chi connectivity index (χ3v) is 3.47. The summed E-state index contributed by atoms with van der Waals surface area (Å²) in [5.41, 5.74) is 0.183. The van der Waals surface area contributed by atoms with E-state index in [1.165, 1.54) is 4.52 Å². The Morgan fingerprint density at radius 1 is 1.40 bits per heavy atom. The summed E-state index contributed by atoms with van der Waals surface area (Å²) >= 11 is 0. The highest BCUT2D eigenvalue weighted by molar-refractivity contribution is 5.45. The van der Waals surface area contributed by atoms with Gasteiger partial charge in [0.2, 0.25) is 0 Å². The molecule has 2 aromatic rings. The maximum absolute atomic E-state index is 11.5. The summed E-state index contributed by atoms with van der Waals surface area (Å²) in [5, 5.41) is 19.3. The van der Waals surface area contributed by atoms with E-state index in [0.717, 1.165) is 31.7 Å². The number of nitrogens with zero attached hydrogens (tertiary/aromatic N) is 4. The molecule has 1 aliphatic rings. The van der Waals surface area contributed by atoms with Gasteiger partial charge in [-0.15, -0.1) is 5.10 Å². The van der Waals surface area contributed by atoms with Gasteiger partial charge in [0.1, 0.15) is 5.82 Å². The van der Waals surface area contributed by atoms with Crippen LogP contribution in [0.25, 0.3) is 5.65 Å². The highest BCUT2D eigenvalue weighted by Gasteiger charge is 2.21. The van der Waals surface area contributed by atoms with Crippen molar-refractivity contribution in [2.75, 3.05) is 31.2 Å². The molecule has 3 rings (SSSR count). The van der Waals surface area contributed by atoms with Crippen LogP contribution in [0.1, 0.15) is 12.8 Å². The van der Waals surface area contributed by atoms with Crippen molar-refractivity contribution in [2.45, 2.75) is 18.9 Å². The van der Waals surface area contributed by atoms with Crippen LogP contribution >= 0.6 is 0 Å². The van der Waals surface area contributed by atoms with Crippen molar-refractivity contribution in [2.24, 2.45) is 0 Å². The molecule has 108 valence electrons. The molecule has 20 heavy (non-hydrogen) atoms. The molecule has 8 nitrogen and oxygen atoms in total. The molecule has 1 aliphatic heterocycles. The van der Waals surface area contributed by atoms with Gasteiger partial charge in [0.15, 0.2) is 5.65 Å². The molecule has 0 bridgehead atoms. The van der Waals surface area contributed by atoms with Crippen molar-refractivity contribution < 1.29 is 9.84 Å². The molecule has 0 saturated carbocycles. The van der Waals surface area contributed by atoms with Crippen molar-refractivity contribution in [3.05, 3.63) is 22.6 Å². The third kappa shape index (κ3) is 2.52. The molecular weight excluding hydrogens is 262 g/mol. The lowest BCUT2D eigenvalue weighted by atomic mass is 10.1. The summed E-state index contributed by atoms with van der Waals surface area (Å²) in [6, 6.07) is 3.64. The van der Waals surface area contributed by atoms with Gasteiger partial charge in [0.25, 0.3) is 0 Å². The minimum Gasteiger partial charge on any atom is -0.394 e. The molecule has 0 spiro atoms. The van der Waals surface area contributed by atoms with E-state index in [4.69, 9.17) is 9.84 Å². The number of anilines is 1. The van der Waals surface area contributed by atoms with Crippen LogP contribution in [0.3, 0.4) is 0 Å². The molecule has 8 heteroatoms. The van der Waals surface area contributed by atoms with Gasteiger partial charge in [-0.1, -0.05) is 0 Å². The van der Waals surface area contributed by atoms with Crippen LogP contribution in [0.2, 0.25) is 0 Å². The average Bonchev–Trinajstić information content (AvgIpc) is 2.87. The molecule has 1 fully saturated rings. The normalized spacial score (nSPS) is 16.9. The van der Waals surface area contributed by atoms with Crippen molar-refractivity contribution >= 4 is 11.5 Å². The Balaban J connectivity index is 1.70. The van der Waals surface area contributed by atoms with Gasteiger partial charge in [-0.25, -0.2) is 9.89 Å². The maximum Gasteiger partial charge on any atom is 0.364 e. The molecule has 0 radical (unpaired) electrons. The second-order valence-corrected chi connectivity index (χ2v) is 4.77. The summed E-state index contributed by atoms with van der Waals surface area (Å²) in [6.45, 7) is 2.09. The van der Waals surface area contributed by atoms with Crippen LogP contribution in [-0.4, -0.2) is 57.3 Å². The van der Waals surface area contributed by atoms with Gasteiger partial charge >= 0.3 is 5.69 Å². The van der Waals surface area contributed by atoms with Gasteiger partial charge in [-0.2, -0.15) is 9.61 Å². The molecule has 0 aromatic carbocycles. The number of aliphatic hydroxyl groups excluding tert-OH is 1. The number of aromatic amines is 1. The Bertz CT molecular complexity index is 629. The molecule has 3 heterocycles. The Morgan fingerprint density at radius 3 is 2.95 bits per heavy atom. The lowest BCUT2D eigenvalue weighted by Crippen LogP contribution is -2.38. The van der Waals surface area contributed by atoms with Crippen LogP contribution in [0, 0.1) is 0 Å². The predicted octanol–water partition coefficient (Wildman–Crippen LogP) is -0.605. The van der Waals surface area contributed by atoms with Gasteiger partial charge in [-0.05, 0) is 25.0 Å². The van der Waals surface area contributed by atoms with Crippen molar-refractivity contribution in [3.63, 3.8) is 0 Å². The molecule has 0 aliphatic carbocycles. The first kappa shape index (κ1) is 13.1. The maximum atomic E-state index is 11.5. The summed E-state index contributed by atoms with van der Waals surface area (Å²) in [7, 11) is 0. The SMILES string of the molecule is O=c1[nH]nc2ccc(N3CCC(OCCO)CC3)nn12. The van der Waals surface area contributed by atoms with Crippen LogP contribution in [0.4, 0.5) is 5.82 Å². The van der Waals surface area contributed by atoms with E-state index in [0.29, 0.717) is 12.3 Å². The Morgan fingerprint density at radius 2 is 2.20 bits per heavy atom. The number of piperidine rings is 1. The van der Waals surface area contributed by atoms with Crippen LogP contribution < -0.4 is 10.6 Å². The van der Waals surface area contributed by atoms with Crippen LogP contribution in [-0.2, 0) is 4.74 Å². The molecule has 2 aromatic heterocycles. The molecule has 0 unspecified atom stereocenters. The Hall–Kier alpha value is -1.93. The summed E-state index contributed by atoms with van der Waals surface area (Å²) in [5.74, 6) is 0.765. The second-order valence-electron chi connectivity index (χ2n) is 4.77. The molecule has 0 amide bonds. The van der Waals surface area contributed by atoms with E-state index in [2.05, 4.69) is 20.2 Å². The Labute approximate surface area is 115 Å². The van der Waals surface area contributed by atoms with E-state index < -0.39 is 0 Å². The molecule has 0 atom stereocenters. The number of hydrogen-bond acceptors (Lipinski definition) is 6. The first-order chi connectivity index (χ1) is 9.78. The van der Waals surface area contributed by atoms with E-state index in [9.17, 15) is 4.79 Å². The number of H-pyrrole nitrogens is 1. The number of aromatic nitrogens is 4. The zero-order valence-electron chi connectivity index (χ0n) is 11.0. The predicted molar refractivity (Wildman–Crippen MR) is 71.9 cm³/mol. The molecule has 1 saturated heterocycles. The van der Waals surface area contributed by atoms with E-state index in [1.54, 1.807) is 6.07 Å². The monoisotopic (exact) mass is 279 g/mol. The van der Waals surface area contributed by atoms with Crippen LogP contribution in [0.5, 0.6) is 0 Å². The number of fused-ring (bicyclic) bond motifs is 1. The highest BCUT2D eigenvalue weighted by atomic mass is 16.5. The molecular formula is C12H17N5O3. The van der Waals surface area contributed by atoms with Gasteiger partial charge < -0.3 is 14.7 Å². The standard InChI is InChI=1S/C12H17N5O3/c18-7-8-20-9-3-5-16(6-4-9)11-2-1-10-13-14-12(19)17(10)15-11/h1-2,9,18H,3-8H2,(H,14,19). The fraction of sp³-hybridized carbons (Fsp3) is 0.583. The third-order valence-electron chi connectivity index (χ3n) is 3.47. The largest absolute Gasteiger partial charge is 0.394 e. The molecule has 2 N–H and O–H groups in total. The van der Waals surface area contributed by atoms with Gasteiger partial charge in [0.05, 0.1) is 19.3 Å². The number of ether oxygens (including phenoxy) is 1. The summed E-state index contributed by atoms with van der Waals surface area (Å²) in [6.07, 6.45) is 1.97. The minimum atomic E-state index is -0.331. The fourth-order valence-electron chi connectivity index (χ4n) is 2.43.